The van der Waals surface area contributed by atoms with Gasteiger partial charge < -0.3 is 10.6 Å². The maximum Gasteiger partial charge on any atom is 0.146 e. The third-order valence-electron chi connectivity index (χ3n) is 2.61. The van der Waals surface area contributed by atoms with Crippen LogP contribution in [0.2, 0.25) is 0 Å². The van der Waals surface area contributed by atoms with Crippen LogP contribution < -0.4 is 10.6 Å². The first-order valence-electron chi connectivity index (χ1n) is 5.39. The van der Waals surface area contributed by atoms with Gasteiger partial charge in [-0.05, 0) is 24.3 Å². The van der Waals surface area contributed by atoms with Crippen LogP contribution in [0.1, 0.15) is 5.56 Å². The Balaban J connectivity index is 2.50. The summed E-state index contributed by atoms with van der Waals surface area (Å²) in [6.45, 7) is 0. The summed E-state index contributed by atoms with van der Waals surface area (Å²) in [7, 11) is 1.69. The summed E-state index contributed by atoms with van der Waals surface area (Å²) in [6, 6.07) is 9.76. The van der Waals surface area contributed by atoms with Gasteiger partial charge in [-0.3, -0.25) is 5.41 Å². The van der Waals surface area contributed by atoms with Gasteiger partial charge in [0.25, 0.3) is 0 Å². The second-order valence-corrected chi connectivity index (χ2v) is 3.80. The summed E-state index contributed by atoms with van der Waals surface area (Å²) in [5.41, 5.74) is 6.35. The average Bonchev–Trinajstić information content (AvgIpc) is 2.38. The lowest BCUT2D eigenvalue weighted by Gasteiger charge is -2.21. The molecule has 0 atom stereocenters. The maximum absolute atomic E-state index is 13.7. The molecule has 18 heavy (non-hydrogen) atoms. The van der Waals surface area contributed by atoms with Crippen LogP contribution in [0.15, 0.2) is 42.6 Å². The number of nitrogen functional groups attached to an aromatic ring is 1. The van der Waals surface area contributed by atoms with Crippen molar-refractivity contribution in [1.82, 2.24) is 4.98 Å². The molecule has 0 aliphatic rings. The number of para-hydroxylation sites is 1. The molecule has 0 bridgehead atoms. The molecule has 0 aliphatic heterocycles. The third-order valence-corrected chi connectivity index (χ3v) is 2.61. The van der Waals surface area contributed by atoms with E-state index in [1.165, 1.54) is 6.07 Å². The molecule has 0 saturated carbocycles. The van der Waals surface area contributed by atoms with Crippen molar-refractivity contribution in [3.8, 4) is 0 Å². The van der Waals surface area contributed by atoms with E-state index >= 15 is 0 Å². The quantitative estimate of drug-likeness (QED) is 0.643. The van der Waals surface area contributed by atoms with E-state index in [9.17, 15) is 4.39 Å². The van der Waals surface area contributed by atoms with Crippen LogP contribution in [0.5, 0.6) is 0 Å². The molecule has 0 unspecified atom stereocenters. The fourth-order valence-corrected chi connectivity index (χ4v) is 1.71. The van der Waals surface area contributed by atoms with Crippen molar-refractivity contribution >= 4 is 17.3 Å². The van der Waals surface area contributed by atoms with E-state index in [4.69, 9.17) is 11.1 Å². The number of nitrogens with one attached hydrogen (secondary N) is 1. The SMILES string of the molecule is CN(c1ccccc1F)c1ncccc1C(=N)N. The minimum Gasteiger partial charge on any atom is -0.384 e. The normalized spacial score (nSPS) is 10.1. The van der Waals surface area contributed by atoms with Gasteiger partial charge in [-0.25, -0.2) is 9.37 Å². The monoisotopic (exact) mass is 244 g/mol. The zero-order chi connectivity index (χ0) is 13.1. The average molecular weight is 244 g/mol. The number of hydrogen-bond acceptors (Lipinski definition) is 3. The summed E-state index contributed by atoms with van der Waals surface area (Å²) in [6.07, 6.45) is 1.58. The molecule has 0 aliphatic carbocycles. The minimum absolute atomic E-state index is 0.0960. The molecular formula is C13H13FN4. The number of hydrogen-bond donors (Lipinski definition) is 2. The molecule has 0 radical (unpaired) electrons. The topological polar surface area (TPSA) is 66.0 Å². The largest absolute Gasteiger partial charge is 0.384 e. The van der Waals surface area contributed by atoms with Crippen molar-refractivity contribution in [2.24, 2.45) is 5.73 Å². The summed E-state index contributed by atoms with van der Waals surface area (Å²) in [5, 5.41) is 7.50. The second kappa shape index (κ2) is 4.83. The molecule has 1 heterocycles. The number of benzene rings is 1. The van der Waals surface area contributed by atoms with Crippen molar-refractivity contribution in [2.75, 3.05) is 11.9 Å². The number of nitrogens with zero attached hydrogens (tertiary/aromatic N) is 2. The maximum atomic E-state index is 13.7. The molecule has 2 rings (SSSR count). The molecule has 2 aromatic rings. The second-order valence-electron chi connectivity index (χ2n) is 3.80. The zero-order valence-corrected chi connectivity index (χ0v) is 9.89. The molecule has 0 spiro atoms. The van der Waals surface area contributed by atoms with Gasteiger partial charge in [0.1, 0.15) is 17.5 Å². The van der Waals surface area contributed by atoms with Gasteiger partial charge in [-0.15, -0.1) is 0 Å². The summed E-state index contributed by atoms with van der Waals surface area (Å²) >= 11 is 0. The van der Waals surface area contributed by atoms with Gasteiger partial charge >= 0.3 is 0 Å². The lowest BCUT2D eigenvalue weighted by atomic mass is 10.2. The van der Waals surface area contributed by atoms with E-state index in [2.05, 4.69) is 4.98 Å². The smallest absolute Gasteiger partial charge is 0.146 e. The number of rotatable bonds is 3. The van der Waals surface area contributed by atoms with E-state index in [1.54, 1.807) is 48.5 Å². The van der Waals surface area contributed by atoms with Crippen LogP contribution in [0.4, 0.5) is 15.9 Å². The van der Waals surface area contributed by atoms with E-state index in [-0.39, 0.29) is 11.7 Å². The van der Waals surface area contributed by atoms with Crippen molar-refractivity contribution in [2.45, 2.75) is 0 Å². The van der Waals surface area contributed by atoms with Gasteiger partial charge in [-0.1, -0.05) is 12.1 Å². The van der Waals surface area contributed by atoms with E-state index in [0.29, 0.717) is 17.1 Å². The first kappa shape index (κ1) is 12.0. The van der Waals surface area contributed by atoms with Crippen LogP contribution >= 0.6 is 0 Å². The van der Waals surface area contributed by atoms with E-state index < -0.39 is 0 Å². The molecule has 1 aromatic carbocycles. The third kappa shape index (κ3) is 2.15. The van der Waals surface area contributed by atoms with Crippen molar-refractivity contribution in [3.63, 3.8) is 0 Å². The number of nitrogens with two attached hydrogens (primary N) is 1. The van der Waals surface area contributed by atoms with Gasteiger partial charge in [0.05, 0.1) is 11.3 Å². The van der Waals surface area contributed by atoms with Gasteiger partial charge in [0.15, 0.2) is 0 Å². The summed E-state index contributed by atoms with van der Waals surface area (Å²) in [5.74, 6) is 0.0107. The van der Waals surface area contributed by atoms with Crippen molar-refractivity contribution in [3.05, 3.63) is 54.0 Å². The predicted molar refractivity (Wildman–Crippen MR) is 69.7 cm³/mol. The number of pyridine rings is 1. The Bertz CT molecular complexity index is 583. The highest BCUT2D eigenvalue weighted by Crippen LogP contribution is 2.26. The van der Waals surface area contributed by atoms with Crippen LogP contribution in [0.3, 0.4) is 0 Å². The Morgan fingerprint density at radius 2 is 2.00 bits per heavy atom. The fraction of sp³-hybridized carbons (Fsp3) is 0.0769. The van der Waals surface area contributed by atoms with Gasteiger partial charge in [0, 0.05) is 13.2 Å². The highest BCUT2D eigenvalue weighted by atomic mass is 19.1. The standard InChI is InChI=1S/C13H13FN4/c1-18(11-7-3-2-6-10(11)14)13-9(12(15)16)5-4-8-17-13/h2-8H,1H3,(H3,15,16). The van der Waals surface area contributed by atoms with Crippen LogP contribution in [0, 0.1) is 11.2 Å². The van der Waals surface area contributed by atoms with Crippen molar-refractivity contribution < 1.29 is 4.39 Å². The number of aromatic nitrogens is 1. The fourth-order valence-electron chi connectivity index (χ4n) is 1.71. The van der Waals surface area contributed by atoms with Crippen LogP contribution in [-0.4, -0.2) is 17.9 Å². The van der Waals surface area contributed by atoms with Crippen molar-refractivity contribution in [1.29, 1.82) is 5.41 Å². The Morgan fingerprint density at radius 1 is 1.28 bits per heavy atom. The Labute approximate surface area is 104 Å². The van der Waals surface area contributed by atoms with E-state index in [0.717, 1.165) is 0 Å². The lowest BCUT2D eigenvalue weighted by molar-refractivity contribution is 0.627. The number of amidine groups is 1. The van der Waals surface area contributed by atoms with Crippen LogP contribution in [0.25, 0.3) is 0 Å². The molecule has 0 saturated heterocycles. The molecule has 0 amide bonds. The molecule has 92 valence electrons. The molecule has 1 aromatic heterocycles. The molecule has 3 N–H and O–H groups in total. The number of halogens is 1. The molecular weight excluding hydrogens is 231 g/mol. The molecule has 4 nitrogen and oxygen atoms in total. The summed E-state index contributed by atoms with van der Waals surface area (Å²) < 4.78 is 13.7. The molecule has 5 heteroatoms. The minimum atomic E-state index is -0.347. The Hall–Kier alpha value is -2.43. The van der Waals surface area contributed by atoms with Gasteiger partial charge in [0.2, 0.25) is 0 Å². The van der Waals surface area contributed by atoms with Crippen LogP contribution in [-0.2, 0) is 0 Å². The summed E-state index contributed by atoms with van der Waals surface area (Å²) in [4.78, 5) is 5.73. The highest BCUT2D eigenvalue weighted by Gasteiger charge is 2.14. The Kier molecular flexibility index (Phi) is 3.23. The molecule has 0 fully saturated rings. The Morgan fingerprint density at radius 3 is 2.67 bits per heavy atom. The first-order valence-corrected chi connectivity index (χ1v) is 5.39. The highest BCUT2D eigenvalue weighted by molar-refractivity contribution is 6.00. The first-order chi connectivity index (χ1) is 8.61. The van der Waals surface area contributed by atoms with E-state index in [1.807, 2.05) is 0 Å². The lowest BCUT2D eigenvalue weighted by Crippen LogP contribution is -2.20. The zero-order valence-electron chi connectivity index (χ0n) is 9.89. The van der Waals surface area contributed by atoms with Gasteiger partial charge in [-0.2, -0.15) is 0 Å². The predicted octanol–water partition coefficient (Wildman–Crippen LogP) is 2.27. The number of anilines is 2.